The van der Waals surface area contributed by atoms with Crippen molar-refractivity contribution in [1.82, 2.24) is 15.3 Å². The monoisotopic (exact) mass is 277 g/mol. The summed E-state index contributed by atoms with van der Waals surface area (Å²) in [4.78, 5) is 38.1. The molecule has 0 atom stereocenters. The standard InChI is InChI=1S/C13H12FN3O3/c14-9-3-1-8(2-4-9)5-6-15-11(18)10-7-16-13(20)17-12(10)19/h1-4,7H,5-6H2,(H,15,18)(H2,16,17,19,20). The Bertz CT molecular complexity index is 719. The Morgan fingerprint density at radius 2 is 1.90 bits per heavy atom. The van der Waals surface area contributed by atoms with Crippen LogP contribution in [0.4, 0.5) is 4.39 Å². The summed E-state index contributed by atoms with van der Waals surface area (Å²) in [6.45, 7) is 0.295. The van der Waals surface area contributed by atoms with Crippen molar-refractivity contribution >= 4 is 5.91 Å². The summed E-state index contributed by atoms with van der Waals surface area (Å²) in [7, 11) is 0. The van der Waals surface area contributed by atoms with Crippen LogP contribution in [-0.4, -0.2) is 22.4 Å². The molecule has 2 rings (SSSR count). The Kier molecular flexibility index (Phi) is 4.09. The molecule has 1 aromatic heterocycles. The number of rotatable bonds is 4. The van der Waals surface area contributed by atoms with E-state index in [9.17, 15) is 18.8 Å². The van der Waals surface area contributed by atoms with E-state index >= 15 is 0 Å². The Balaban J connectivity index is 1.94. The van der Waals surface area contributed by atoms with Crippen LogP contribution in [0.1, 0.15) is 15.9 Å². The fourth-order valence-electron chi connectivity index (χ4n) is 1.65. The molecule has 0 saturated heterocycles. The van der Waals surface area contributed by atoms with E-state index in [0.717, 1.165) is 11.8 Å². The Morgan fingerprint density at radius 3 is 2.55 bits per heavy atom. The van der Waals surface area contributed by atoms with Crippen LogP contribution in [0.15, 0.2) is 40.1 Å². The second kappa shape index (κ2) is 5.96. The van der Waals surface area contributed by atoms with Gasteiger partial charge >= 0.3 is 5.69 Å². The van der Waals surface area contributed by atoms with E-state index in [1.54, 1.807) is 12.1 Å². The van der Waals surface area contributed by atoms with Gasteiger partial charge in [0.15, 0.2) is 0 Å². The van der Waals surface area contributed by atoms with Crippen molar-refractivity contribution in [3.8, 4) is 0 Å². The SMILES string of the molecule is O=C(NCCc1ccc(F)cc1)c1c[nH]c(=O)[nH]c1=O. The van der Waals surface area contributed by atoms with Crippen molar-refractivity contribution in [2.24, 2.45) is 0 Å². The van der Waals surface area contributed by atoms with Gasteiger partial charge in [0.1, 0.15) is 11.4 Å². The summed E-state index contributed by atoms with van der Waals surface area (Å²) in [5.74, 6) is -0.901. The maximum Gasteiger partial charge on any atom is 0.325 e. The lowest BCUT2D eigenvalue weighted by Crippen LogP contribution is -2.34. The summed E-state index contributed by atoms with van der Waals surface area (Å²) in [6, 6.07) is 5.91. The quantitative estimate of drug-likeness (QED) is 0.743. The van der Waals surface area contributed by atoms with Gasteiger partial charge in [0.2, 0.25) is 0 Å². The van der Waals surface area contributed by atoms with Crippen molar-refractivity contribution < 1.29 is 9.18 Å². The first-order valence-electron chi connectivity index (χ1n) is 5.91. The zero-order chi connectivity index (χ0) is 14.5. The maximum absolute atomic E-state index is 12.7. The first-order valence-corrected chi connectivity index (χ1v) is 5.91. The van der Waals surface area contributed by atoms with Gasteiger partial charge in [0.05, 0.1) is 0 Å². The molecule has 2 aromatic rings. The molecule has 20 heavy (non-hydrogen) atoms. The molecule has 0 spiro atoms. The first kappa shape index (κ1) is 13.7. The Morgan fingerprint density at radius 1 is 1.20 bits per heavy atom. The van der Waals surface area contributed by atoms with E-state index in [-0.39, 0.29) is 11.4 Å². The number of aromatic amines is 2. The summed E-state index contributed by atoms with van der Waals surface area (Å²) in [5.41, 5.74) is -0.711. The zero-order valence-corrected chi connectivity index (χ0v) is 10.4. The van der Waals surface area contributed by atoms with Crippen molar-refractivity contribution in [3.63, 3.8) is 0 Å². The minimum atomic E-state index is -0.743. The van der Waals surface area contributed by atoms with E-state index in [2.05, 4.69) is 10.3 Å². The second-order valence-electron chi connectivity index (χ2n) is 4.12. The molecule has 0 aliphatic heterocycles. The van der Waals surface area contributed by atoms with Crippen LogP contribution in [0.2, 0.25) is 0 Å². The van der Waals surface area contributed by atoms with Gasteiger partial charge in [-0.2, -0.15) is 0 Å². The van der Waals surface area contributed by atoms with Crippen LogP contribution in [0.25, 0.3) is 0 Å². The van der Waals surface area contributed by atoms with E-state index in [1.807, 2.05) is 4.98 Å². The van der Waals surface area contributed by atoms with Crippen molar-refractivity contribution in [1.29, 1.82) is 0 Å². The number of carbonyl (C=O) groups excluding carboxylic acids is 1. The molecule has 0 fully saturated rings. The highest BCUT2D eigenvalue weighted by atomic mass is 19.1. The van der Waals surface area contributed by atoms with Crippen molar-refractivity contribution in [2.75, 3.05) is 6.54 Å². The fourth-order valence-corrected chi connectivity index (χ4v) is 1.65. The van der Waals surface area contributed by atoms with E-state index in [4.69, 9.17) is 0 Å². The molecule has 0 unspecified atom stereocenters. The topological polar surface area (TPSA) is 94.8 Å². The van der Waals surface area contributed by atoms with Gasteiger partial charge in [0.25, 0.3) is 11.5 Å². The molecule has 6 nitrogen and oxygen atoms in total. The lowest BCUT2D eigenvalue weighted by atomic mass is 10.1. The fraction of sp³-hybridized carbons (Fsp3) is 0.154. The second-order valence-corrected chi connectivity index (χ2v) is 4.12. The van der Waals surface area contributed by atoms with Gasteiger partial charge in [-0.25, -0.2) is 9.18 Å². The molecule has 7 heteroatoms. The average molecular weight is 277 g/mol. The molecule has 0 radical (unpaired) electrons. The maximum atomic E-state index is 12.7. The molecule has 104 valence electrons. The highest BCUT2D eigenvalue weighted by Gasteiger charge is 2.09. The molecule has 1 heterocycles. The summed E-state index contributed by atoms with van der Waals surface area (Å²) >= 11 is 0. The highest BCUT2D eigenvalue weighted by molar-refractivity contribution is 5.93. The Hall–Kier alpha value is -2.70. The average Bonchev–Trinajstić information content (AvgIpc) is 2.41. The Labute approximate surface area is 112 Å². The molecular formula is C13H12FN3O3. The number of benzene rings is 1. The number of carbonyl (C=O) groups is 1. The number of halogens is 1. The number of nitrogens with one attached hydrogen (secondary N) is 3. The number of aromatic nitrogens is 2. The van der Waals surface area contributed by atoms with Crippen LogP contribution in [0.5, 0.6) is 0 Å². The molecular weight excluding hydrogens is 265 g/mol. The smallest absolute Gasteiger partial charge is 0.325 e. The normalized spacial score (nSPS) is 10.2. The van der Waals surface area contributed by atoms with E-state index in [0.29, 0.717) is 13.0 Å². The molecule has 0 aliphatic carbocycles. The number of hydrogen-bond acceptors (Lipinski definition) is 3. The van der Waals surface area contributed by atoms with Gasteiger partial charge in [0, 0.05) is 12.7 Å². The molecule has 0 saturated carbocycles. The summed E-state index contributed by atoms with van der Waals surface area (Å²) in [6.07, 6.45) is 1.57. The largest absolute Gasteiger partial charge is 0.351 e. The summed E-state index contributed by atoms with van der Waals surface area (Å²) in [5, 5.41) is 2.55. The van der Waals surface area contributed by atoms with Crippen molar-refractivity contribution in [2.45, 2.75) is 6.42 Å². The van der Waals surface area contributed by atoms with Gasteiger partial charge in [-0.05, 0) is 24.1 Å². The van der Waals surface area contributed by atoms with Crippen molar-refractivity contribution in [3.05, 3.63) is 68.2 Å². The lowest BCUT2D eigenvalue weighted by Gasteiger charge is -2.04. The minimum Gasteiger partial charge on any atom is -0.351 e. The number of H-pyrrole nitrogens is 2. The third-order valence-corrected chi connectivity index (χ3v) is 2.68. The molecule has 3 N–H and O–H groups in total. The molecule has 1 aromatic carbocycles. The van der Waals surface area contributed by atoms with Crippen LogP contribution in [-0.2, 0) is 6.42 Å². The van der Waals surface area contributed by atoms with Crippen LogP contribution in [0, 0.1) is 5.82 Å². The van der Waals surface area contributed by atoms with Crippen LogP contribution in [0.3, 0.4) is 0 Å². The van der Waals surface area contributed by atoms with E-state index < -0.39 is 17.2 Å². The van der Waals surface area contributed by atoms with Gasteiger partial charge < -0.3 is 10.3 Å². The van der Waals surface area contributed by atoms with Gasteiger partial charge in [-0.1, -0.05) is 12.1 Å². The predicted octanol–water partition coefficient (Wildman–Crippen LogP) is 0.175. The molecule has 0 aliphatic rings. The predicted molar refractivity (Wildman–Crippen MR) is 70.1 cm³/mol. The number of hydrogen-bond donors (Lipinski definition) is 3. The number of amides is 1. The van der Waals surface area contributed by atoms with Gasteiger partial charge in [-0.15, -0.1) is 0 Å². The first-order chi connectivity index (χ1) is 9.56. The molecule has 1 amide bonds. The third-order valence-electron chi connectivity index (χ3n) is 2.68. The molecule has 0 bridgehead atoms. The van der Waals surface area contributed by atoms with Crippen LogP contribution >= 0.6 is 0 Å². The summed E-state index contributed by atoms with van der Waals surface area (Å²) < 4.78 is 12.7. The zero-order valence-electron chi connectivity index (χ0n) is 10.4. The van der Waals surface area contributed by atoms with E-state index in [1.165, 1.54) is 12.1 Å². The van der Waals surface area contributed by atoms with Gasteiger partial charge in [-0.3, -0.25) is 14.6 Å². The minimum absolute atomic E-state index is 0.163. The third kappa shape index (κ3) is 3.41. The highest BCUT2D eigenvalue weighted by Crippen LogP contribution is 2.02. The van der Waals surface area contributed by atoms with Crippen LogP contribution < -0.4 is 16.6 Å². The lowest BCUT2D eigenvalue weighted by molar-refractivity contribution is 0.0952.